The first-order valence-electron chi connectivity index (χ1n) is 8.70. The second-order valence-electron chi connectivity index (χ2n) is 6.52. The monoisotopic (exact) mass is 341 g/mol. The quantitative estimate of drug-likeness (QED) is 0.839. The minimum Gasteiger partial charge on any atom is -0.380 e. The van der Waals surface area contributed by atoms with E-state index >= 15 is 0 Å². The lowest BCUT2D eigenvalue weighted by molar-refractivity contribution is 0.0763. The van der Waals surface area contributed by atoms with Crippen LogP contribution < -0.4 is 10.6 Å². The van der Waals surface area contributed by atoms with Crippen molar-refractivity contribution in [2.75, 3.05) is 31.5 Å². The zero-order valence-electron chi connectivity index (χ0n) is 13.7. The van der Waals surface area contributed by atoms with Crippen molar-refractivity contribution in [3.05, 3.63) is 52.2 Å². The van der Waals surface area contributed by atoms with Crippen LogP contribution in [-0.4, -0.2) is 48.9 Å². The topological polar surface area (TPSA) is 44.4 Å². The Kier molecular flexibility index (Phi) is 4.65. The Morgan fingerprint density at radius 2 is 2.00 bits per heavy atom. The summed E-state index contributed by atoms with van der Waals surface area (Å²) in [5, 5.41) is 9.04. The van der Waals surface area contributed by atoms with Gasteiger partial charge in [-0.1, -0.05) is 24.3 Å². The second-order valence-corrected chi connectivity index (χ2v) is 7.47. The lowest BCUT2D eigenvalue weighted by Crippen LogP contribution is -2.57. The minimum atomic E-state index is -0.0842. The molecule has 1 aromatic heterocycles. The van der Waals surface area contributed by atoms with Crippen molar-refractivity contribution in [1.29, 1.82) is 0 Å². The van der Waals surface area contributed by atoms with Crippen LogP contribution in [0, 0.1) is 0 Å². The number of hydrogen-bond acceptors (Lipinski definition) is 5. The number of anilines is 1. The number of benzene rings is 1. The number of carbonyl (C=O) groups excluding carboxylic acids is 1. The van der Waals surface area contributed by atoms with E-state index in [-0.39, 0.29) is 17.9 Å². The maximum Gasteiger partial charge on any atom is 0.191 e. The van der Waals surface area contributed by atoms with Gasteiger partial charge in [-0.3, -0.25) is 9.69 Å². The summed E-state index contributed by atoms with van der Waals surface area (Å²) in [5.74, 6) is 0.267. The molecule has 2 aromatic rings. The number of piperazine rings is 1. The Morgan fingerprint density at radius 3 is 2.79 bits per heavy atom. The summed E-state index contributed by atoms with van der Waals surface area (Å²) in [6.07, 6.45) is 2.04. The maximum atomic E-state index is 13.2. The lowest BCUT2D eigenvalue weighted by Gasteiger charge is -2.40. The Morgan fingerprint density at radius 1 is 1.17 bits per heavy atom. The highest BCUT2D eigenvalue weighted by Gasteiger charge is 2.36. The molecule has 5 heteroatoms. The number of hydrogen-bond donors (Lipinski definition) is 2. The largest absolute Gasteiger partial charge is 0.380 e. The average molecular weight is 341 g/mol. The van der Waals surface area contributed by atoms with Crippen LogP contribution in [0.3, 0.4) is 0 Å². The third-order valence-electron chi connectivity index (χ3n) is 5.04. The molecule has 2 N–H and O–H groups in total. The highest BCUT2D eigenvalue weighted by atomic mass is 32.1. The van der Waals surface area contributed by atoms with Crippen molar-refractivity contribution >= 4 is 22.8 Å². The average Bonchev–Trinajstić information content (AvgIpc) is 3.17. The van der Waals surface area contributed by atoms with Crippen LogP contribution in [0.2, 0.25) is 0 Å². The van der Waals surface area contributed by atoms with E-state index < -0.39 is 0 Å². The van der Waals surface area contributed by atoms with Crippen LogP contribution in [0.1, 0.15) is 21.7 Å². The van der Waals surface area contributed by atoms with E-state index in [1.54, 1.807) is 11.3 Å². The van der Waals surface area contributed by atoms with Crippen molar-refractivity contribution < 1.29 is 4.79 Å². The molecule has 1 fully saturated rings. The van der Waals surface area contributed by atoms with Gasteiger partial charge in [-0.2, -0.15) is 0 Å². The van der Waals surface area contributed by atoms with E-state index in [4.69, 9.17) is 0 Å². The molecule has 0 aliphatic carbocycles. The van der Waals surface area contributed by atoms with Gasteiger partial charge in [0.05, 0.1) is 10.9 Å². The summed E-state index contributed by atoms with van der Waals surface area (Å²) in [6.45, 7) is 3.78. The number of nitrogens with zero attached hydrogens (tertiary/aromatic N) is 1. The van der Waals surface area contributed by atoms with Gasteiger partial charge in [0.25, 0.3) is 0 Å². The van der Waals surface area contributed by atoms with Crippen molar-refractivity contribution in [2.24, 2.45) is 0 Å². The maximum absolute atomic E-state index is 13.2. The van der Waals surface area contributed by atoms with Gasteiger partial charge in [0.15, 0.2) is 5.78 Å². The van der Waals surface area contributed by atoms with Crippen LogP contribution in [0.15, 0.2) is 41.8 Å². The summed E-state index contributed by atoms with van der Waals surface area (Å²) in [6, 6.07) is 12.5. The van der Waals surface area contributed by atoms with Crippen molar-refractivity contribution in [2.45, 2.75) is 24.9 Å². The first-order chi connectivity index (χ1) is 11.8. The molecule has 2 aliphatic heterocycles. The molecule has 2 atom stereocenters. The second kappa shape index (κ2) is 7.05. The summed E-state index contributed by atoms with van der Waals surface area (Å²) in [7, 11) is 0. The molecule has 4 rings (SSSR count). The third-order valence-corrected chi connectivity index (χ3v) is 5.93. The fourth-order valence-corrected chi connectivity index (χ4v) is 4.52. The minimum absolute atomic E-state index is 0.0842. The van der Waals surface area contributed by atoms with Gasteiger partial charge in [0.2, 0.25) is 0 Å². The van der Waals surface area contributed by atoms with E-state index in [0.717, 1.165) is 43.9 Å². The summed E-state index contributed by atoms with van der Waals surface area (Å²) in [5.41, 5.74) is 2.55. The van der Waals surface area contributed by atoms with E-state index in [9.17, 15) is 4.79 Å². The summed E-state index contributed by atoms with van der Waals surface area (Å²) < 4.78 is 0. The molecule has 4 nitrogen and oxygen atoms in total. The first kappa shape index (κ1) is 15.8. The van der Waals surface area contributed by atoms with Crippen LogP contribution in [0.4, 0.5) is 5.69 Å². The lowest BCUT2D eigenvalue weighted by atomic mass is 9.90. The first-order valence-corrected chi connectivity index (χ1v) is 9.58. The molecule has 0 amide bonds. The molecule has 0 spiro atoms. The Balaban J connectivity index is 1.61. The highest BCUT2D eigenvalue weighted by molar-refractivity contribution is 7.12. The Bertz CT molecular complexity index is 694. The van der Waals surface area contributed by atoms with Gasteiger partial charge in [-0.15, -0.1) is 11.3 Å². The Hall–Kier alpha value is -1.69. The molecule has 1 saturated heterocycles. The number of ketones is 1. The number of nitrogens with one attached hydrogen (secondary N) is 2. The molecule has 2 unspecified atom stereocenters. The van der Waals surface area contributed by atoms with Crippen LogP contribution in [0.25, 0.3) is 0 Å². The summed E-state index contributed by atoms with van der Waals surface area (Å²) in [4.78, 5) is 16.5. The van der Waals surface area contributed by atoms with E-state index in [0.29, 0.717) is 0 Å². The van der Waals surface area contributed by atoms with Gasteiger partial charge in [-0.25, -0.2) is 0 Å². The van der Waals surface area contributed by atoms with E-state index in [2.05, 4.69) is 39.8 Å². The number of carbonyl (C=O) groups is 1. The molecule has 0 saturated carbocycles. The number of Topliss-reactive ketones (excluding diaryl/α,β-unsaturated/α-hetero) is 1. The fourth-order valence-electron chi connectivity index (χ4n) is 3.83. The smallest absolute Gasteiger partial charge is 0.191 e. The van der Waals surface area contributed by atoms with Gasteiger partial charge < -0.3 is 10.6 Å². The molecule has 2 aliphatic rings. The molecular weight excluding hydrogens is 318 g/mol. The van der Waals surface area contributed by atoms with Gasteiger partial charge in [-0.05, 0) is 35.9 Å². The SMILES string of the molecule is O=C(c1cccs1)C(C1CCc2ccccc2N1)N1CCNCC1. The molecule has 126 valence electrons. The molecule has 0 bridgehead atoms. The van der Waals surface area contributed by atoms with Gasteiger partial charge in [0, 0.05) is 37.9 Å². The van der Waals surface area contributed by atoms with Crippen LogP contribution in [-0.2, 0) is 6.42 Å². The summed E-state index contributed by atoms with van der Waals surface area (Å²) >= 11 is 1.55. The molecule has 1 aromatic carbocycles. The zero-order chi connectivity index (χ0) is 16.4. The number of rotatable bonds is 4. The van der Waals surface area contributed by atoms with Gasteiger partial charge in [0.1, 0.15) is 0 Å². The molecule has 0 radical (unpaired) electrons. The fraction of sp³-hybridized carbons (Fsp3) is 0.421. The molecular formula is C19H23N3OS. The van der Waals surface area contributed by atoms with Gasteiger partial charge >= 0.3 is 0 Å². The Labute approximate surface area is 146 Å². The predicted octanol–water partition coefficient (Wildman–Crippen LogP) is 2.63. The number of fused-ring (bicyclic) bond motifs is 1. The van der Waals surface area contributed by atoms with Crippen LogP contribution >= 0.6 is 11.3 Å². The third kappa shape index (κ3) is 3.11. The van der Waals surface area contributed by atoms with Crippen molar-refractivity contribution in [3.63, 3.8) is 0 Å². The number of aryl methyl sites for hydroxylation is 1. The van der Waals surface area contributed by atoms with E-state index in [1.165, 1.54) is 11.3 Å². The van der Waals surface area contributed by atoms with Crippen LogP contribution in [0.5, 0.6) is 0 Å². The predicted molar refractivity (Wildman–Crippen MR) is 99.1 cm³/mol. The molecule has 3 heterocycles. The van der Waals surface area contributed by atoms with Crippen molar-refractivity contribution in [1.82, 2.24) is 10.2 Å². The zero-order valence-corrected chi connectivity index (χ0v) is 14.5. The highest BCUT2D eigenvalue weighted by Crippen LogP contribution is 2.29. The normalized spacial score (nSPS) is 22.4. The molecule has 24 heavy (non-hydrogen) atoms. The number of para-hydroxylation sites is 1. The standard InChI is InChI=1S/C19H23N3OS/c23-19(17-6-3-13-24-17)18(22-11-9-20-10-12-22)16-8-7-14-4-1-2-5-15(14)21-16/h1-6,13,16,18,20-21H,7-12H2. The van der Waals surface area contributed by atoms with Crippen molar-refractivity contribution in [3.8, 4) is 0 Å². The number of thiophene rings is 1. The van der Waals surface area contributed by atoms with E-state index in [1.807, 2.05) is 17.5 Å².